The lowest BCUT2D eigenvalue weighted by molar-refractivity contribution is -0.148. The van der Waals surface area contributed by atoms with Crippen LogP contribution in [0.3, 0.4) is 0 Å². The van der Waals surface area contributed by atoms with E-state index in [1.807, 2.05) is 30.3 Å². The van der Waals surface area contributed by atoms with Gasteiger partial charge in [0.2, 0.25) is 15.9 Å². The molecule has 1 aliphatic carbocycles. The van der Waals surface area contributed by atoms with Crippen molar-refractivity contribution >= 4 is 21.9 Å². The van der Waals surface area contributed by atoms with Crippen molar-refractivity contribution in [1.29, 1.82) is 0 Å². The normalized spacial score (nSPS) is 18.6. The molecule has 1 heterocycles. The second-order valence-electron chi connectivity index (χ2n) is 11.2. The van der Waals surface area contributed by atoms with E-state index >= 15 is 0 Å². The average Bonchev–Trinajstić information content (AvgIpc) is 3.46. The van der Waals surface area contributed by atoms with Gasteiger partial charge in [-0.2, -0.15) is 4.31 Å². The SMILES string of the molecule is CCOC(=O)[C@H](Cc1ccc(OC2CCN(C)CC2)cc1)NC(=O)C1(N(C)S(=O)(=O)Cc2ccccc2)CCCC1. The number of rotatable bonds is 12. The summed E-state index contributed by atoms with van der Waals surface area (Å²) in [6.45, 7) is 3.90. The van der Waals surface area contributed by atoms with Gasteiger partial charge in [-0.05, 0) is 62.9 Å². The number of piperidine rings is 1. The van der Waals surface area contributed by atoms with E-state index in [9.17, 15) is 18.0 Å². The summed E-state index contributed by atoms with van der Waals surface area (Å²) in [5, 5.41) is 2.88. The third-order valence-electron chi connectivity index (χ3n) is 8.27. The molecule has 1 saturated carbocycles. The number of benzene rings is 2. The lowest BCUT2D eigenvalue weighted by Gasteiger charge is -2.37. The van der Waals surface area contributed by atoms with Gasteiger partial charge in [0.15, 0.2) is 0 Å². The molecule has 1 amide bonds. The van der Waals surface area contributed by atoms with Gasteiger partial charge in [-0.25, -0.2) is 13.2 Å². The number of carbonyl (C=O) groups excluding carboxylic acids is 2. The molecule has 4 rings (SSSR count). The lowest BCUT2D eigenvalue weighted by atomic mass is 9.95. The van der Waals surface area contributed by atoms with E-state index in [4.69, 9.17) is 9.47 Å². The minimum Gasteiger partial charge on any atom is -0.490 e. The summed E-state index contributed by atoms with van der Waals surface area (Å²) in [7, 11) is -0.217. The lowest BCUT2D eigenvalue weighted by Crippen LogP contribution is -2.60. The molecule has 41 heavy (non-hydrogen) atoms. The molecule has 9 nitrogen and oxygen atoms in total. The van der Waals surface area contributed by atoms with E-state index in [1.165, 1.54) is 11.4 Å². The molecule has 1 atom stereocenters. The second kappa shape index (κ2) is 13.8. The smallest absolute Gasteiger partial charge is 0.328 e. The number of likely N-dealkylation sites (tertiary alicyclic amines) is 1. The van der Waals surface area contributed by atoms with Crippen LogP contribution in [-0.2, 0) is 36.5 Å². The molecule has 1 aliphatic heterocycles. The van der Waals surface area contributed by atoms with Crippen LogP contribution in [0.5, 0.6) is 5.75 Å². The number of nitrogens with zero attached hydrogens (tertiary/aromatic N) is 2. The number of ether oxygens (including phenoxy) is 2. The Morgan fingerprint density at radius 1 is 1.02 bits per heavy atom. The molecule has 224 valence electrons. The predicted molar refractivity (Wildman–Crippen MR) is 158 cm³/mol. The Balaban J connectivity index is 1.47. The molecule has 0 unspecified atom stereocenters. The molecular weight excluding hydrogens is 542 g/mol. The van der Waals surface area contributed by atoms with Gasteiger partial charge in [-0.3, -0.25) is 4.79 Å². The third-order valence-corrected chi connectivity index (χ3v) is 10.2. The number of hydrogen-bond acceptors (Lipinski definition) is 7. The summed E-state index contributed by atoms with van der Waals surface area (Å²) in [6, 6.07) is 15.5. The van der Waals surface area contributed by atoms with Crippen LogP contribution in [0, 0.1) is 0 Å². The van der Waals surface area contributed by atoms with Crippen LogP contribution in [0.1, 0.15) is 56.6 Å². The summed E-state index contributed by atoms with van der Waals surface area (Å²) in [5.41, 5.74) is 0.231. The molecule has 0 spiro atoms. The van der Waals surface area contributed by atoms with Crippen molar-refractivity contribution in [2.45, 2.75) is 75.3 Å². The minimum absolute atomic E-state index is 0.172. The molecule has 2 aliphatic rings. The van der Waals surface area contributed by atoms with Crippen molar-refractivity contribution in [3.8, 4) is 5.75 Å². The highest BCUT2D eigenvalue weighted by atomic mass is 32.2. The van der Waals surface area contributed by atoms with Crippen LogP contribution in [-0.4, -0.2) is 81.0 Å². The molecule has 0 aromatic heterocycles. The van der Waals surface area contributed by atoms with Crippen LogP contribution < -0.4 is 10.1 Å². The summed E-state index contributed by atoms with van der Waals surface area (Å²) in [4.78, 5) is 29.1. The van der Waals surface area contributed by atoms with Gasteiger partial charge in [-0.1, -0.05) is 55.3 Å². The van der Waals surface area contributed by atoms with Crippen molar-refractivity contribution in [3.05, 3.63) is 65.7 Å². The largest absolute Gasteiger partial charge is 0.490 e. The van der Waals surface area contributed by atoms with Crippen molar-refractivity contribution < 1.29 is 27.5 Å². The van der Waals surface area contributed by atoms with Gasteiger partial charge >= 0.3 is 5.97 Å². The summed E-state index contributed by atoms with van der Waals surface area (Å²) < 4.78 is 39.6. The van der Waals surface area contributed by atoms with Gasteiger partial charge in [0.1, 0.15) is 23.4 Å². The van der Waals surface area contributed by atoms with Crippen LogP contribution in [0.2, 0.25) is 0 Å². The number of carbonyl (C=O) groups is 2. The maximum Gasteiger partial charge on any atom is 0.328 e. The van der Waals surface area contributed by atoms with Crippen molar-refractivity contribution in [2.75, 3.05) is 33.8 Å². The zero-order valence-corrected chi connectivity index (χ0v) is 25.2. The predicted octanol–water partition coefficient (Wildman–Crippen LogP) is 3.52. The van der Waals surface area contributed by atoms with Crippen molar-refractivity contribution in [1.82, 2.24) is 14.5 Å². The van der Waals surface area contributed by atoms with Crippen LogP contribution in [0.4, 0.5) is 0 Å². The first-order chi connectivity index (χ1) is 19.6. The van der Waals surface area contributed by atoms with Crippen LogP contribution in [0.15, 0.2) is 54.6 Å². The Morgan fingerprint density at radius 2 is 1.66 bits per heavy atom. The molecule has 1 N–H and O–H groups in total. The zero-order chi connectivity index (χ0) is 29.5. The number of likely N-dealkylation sites (N-methyl/N-ethyl adjacent to an activating group) is 1. The Hall–Kier alpha value is -2.95. The fraction of sp³-hybridized carbons (Fsp3) is 0.548. The molecule has 0 radical (unpaired) electrons. The average molecular weight is 586 g/mol. The first-order valence-corrected chi connectivity index (χ1v) is 16.2. The Bertz CT molecular complexity index is 1250. The van der Waals surface area contributed by atoms with E-state index in [1.54, 1.807) is 31.2 Å². The van der Waals surface area contributed by atoms with Gasteiger partial charge < -0.3 is 19.7 Å². The van der Waals surface area contributed by atoms with Crippen LogP contribution >= 0.6 is 0 Å². The standard InChI is InChI=1S/C31H43N3O6S/c1-4-39-29(35)28(22-24-12-14-26(15-13-24)40-27-16-20-33(2)21-17-27)32-30(36)31(18-8-9-19-31)34(3)41(37,38)23-25-10-6-5-7-11-25/h5-7,10-15,27-28H,4,8-9,16-23H2,1-3H3,(H,32,36)/t28-/m0/s1. The Labute approximate surface area is 244 Å². The summed E-state index contributed by atoms with van der Waals surface area (Å²) in [6.07, 6.45) is 4.59. The topological polar surface area (TPSA) is 105 Å². The van der Waals surface area contributed by atoms with E-state index in [-0.39, 0.29) is 24.9 Å². The maximum absolute atomic E-state index is 13.9. The highest BCUT2D eigenvalue weighted by molar-refractivity contribution is 7.88. The number of amides is 1. The highest BCUT2D eigenvalue weighted by Crippen LogP contribution is 2.37. The maximum atomic E-state index is 13.9. The fourth-order valence-electron chi connectivity index (χ4n) is 5.76. The molecular formula is C31H43N3O6S. The monoisotopic (exact) mass is 585 g/mol. The van der Waals surface area contributed by atoms with E-state index < -0.39 is 33.5 Å². The van der Waals surface area contributed by atoms with Crippen molar-refractivity contribution in [2.24, 2.45) is 0 Å². The van der Waals surface area contributed by atoms with E-state index in [0.717, 1.165) is 50.1 Å². The molecule has 2 aromatic carbocycles. The Morgan fingerprint density at radius 3 is 2.27 bits per heavy atom. The zero-order valence-electron chi connectivity index (χ0n) is 24.4. The van der Waals surface area contributed by atoms with Gasteiger partial charge in [0.05, 0.1) is 12.4 Å². The summed E-state index contributed by atoms with van der Waals surface area (Å²) in [5.74, 6) is -0.438. The number of sulfonamides is 1. The molecule has 2 fully saturated rings. The quantitative estimate of drug-likeness (QED) is 0.380. The van der Waals surface area contributed by atoms with E-state index in [2.05, 4.69) is 17.3 Å². The molecule has 10 heteroatoms. The third kappa shape index (κ3) is 7.87. The molecule has 0 bridgehead atoms. The van der Waals surface area contributed by atoms with Crippen LogP contribution in [0.25, 0.3) is 0 Å². The fourth-order valence-corrected chi connectivity index (χ4v) is 7.36. The van der Waals surface area contributed by atoms with Gasteiger partial charge in [0.25, 0.3) is 0 Å². The summed E-state index contributed by atoms with van der Waals surface area (Å²) >= 11 is 0. The first kappa shape index (κ1) is 31.0. The van der Waals surface area contributed by atoms with Gasteiger partial charge in [0, 0.05) is 26.6 Å². The molecule has 2 aromatic rings. The minimum atomic E-state index is -3.81. The number of nitrogens with one attached hydrogen (secondary N) is 1. The number of esters is 1. The second-order valence-corrected chi connectivity index (χ2v) is 13.2. The van der Waals surface area contributed by atoms with Crippen molar-refractivity contribution in [3.63, 3.8) is 0 Å². The Kier molecular flexibility index (Phi) is 10.4. The highest BCUT2D eigenvalue weighted by Gasteiger charge is 2.50. The number of hydrogen-bond donors (Lipinski definition) is 1. The molecule has 1 saturated heterocycles. The van der Waals surface area contributed by atoms with E-state index in [0.29, 0.717) is 18.4 Å². The first-order valence-electron chi connectivity index (χ1n) is 14.6. The van der Waals surface area contributed by atoms with Gasteiger partial charge in [-0.15, -0.1) is 0 Å².